The van der Waals surface area contributed by atoms with Crippen molar-refractivity contribution in [3.8, 4) is 0 Å². The molecule has 2 heterocycles. The lowest BCUT2D eigenvalue weighted by Crippen LogP contribution is -2.55. The smallest absolute Gasteiger partial charge is 0.303 e. The van der Waals surface area contributed by atoms with E-state index in [2.05, 4.69) is 6.58 Å². The molecular formula is C22H34O5. The molecule has 5 heteroatoms. The van der Waals surface area contributed by atoms with Crippen LogP contribution in [0.5, 0.6) is 0 Å². The van der Waals surface area contributed by atoms with Crippen LogP contribution in [0.2, 0.25) is 0 Å². The molecule has 1 fully saturated rings. The average molecular weight is 379 g/mol. The first kappa shape index (κ1) is 21.9. The highest BCUT2D eigenvalue weighted by Gasteiger charge is 2.46. The van der Waals surface area contributed by atoms with Crippen LogP contribution in [0.4, 0.5) is 0 Å². The molecule has 1 saturated heterocycles. The van der Waals surface area contributed by atoms with E-state index < -0.39 is 29.4 Å². The summed E-state index contributed by atoms with van der Waals surface area (Å²) in [5.41, 5.74) is 0.615. The summed E-state index contributed by atoms with van der Waals surface area (Å²) in [7, 11) is 0. The van der Waals surface area contributed by atoms with Gasteiger partial charge in [0.05, 0.1) is 23.4 Å². The van der Waals surface area contributed by atoms with Gasteiger partial charge in [0.15, 0.2) is 0 Å². The van der Waals surface area contributed by atoms with Crippen LogP contribution in [0.25, 0.3) is 0 Å². The average Bonchev–Trinajstić information content (AvgIpc) is 2.51. The van der Waals surface area contributed by atoms with Crippen molar-refractivity contribution < 1.29 is 24.5 Å². The highest BCUT2D eigenvalue weighted by atomic mass is 16.5. The predicted molar refractivity (Wildman–Crippen MR) is 105 cm³/mol. The van der Waals surface area contributed by atoms with Crippen LogP contribution in [0.1, 0.15) is 66.7 Å². The van der Waals surface area contributed by atoms with Gasteiger partial charge in [0.2, 0.25) is 0 Å². The molecule has 0 spiro atoms. The largest absolute Gasteiger partial charge is 0.458 e. The SMILES string of the molecule is C=C(C)/C1=C/C=C(\C)CC[C@@H]2O[C@H](CC[C@@]2(C)O)[C@@](C)(O)C[C@H]1OC(C)=O. The Morgan fingerprint density at radius 1 is 1.19 bits per heavy atom. The number of aliphatic hydroxyl groups is 2. The molecule has 0 aromatic heterocycles. The zero-order chi connectivity index (χ0) is 20.4. The van der Waals surface area contributed by atoms with Crippen LogP contribution in [0.15, 0.2) is 35.5 Å². The fraction of sp³-hybridized carbons (Fsp3) is 0.682. The molecule has 0 saturated carbocycles. The number of fused-ring (bicyclic) bond motifs is 2. The van der Waals surface area contributed by atoms with E-state index in [4.69, 9.17) is 9.47 Å². The van der Waals surface area contributed by atoms with Crippen molar-refractivity contribution in [1.82, 2.24) is 0 Å². The molecular weight excluding hydrogens is 344 g/mol. The minimum absolute atomic E-state index is 0.206. The molecule has 0 aromatic carbocycles. The van der Waals surface area contributed by atoms with Crippen LogP contribution in [-0.2, 0) is 14.3 Å². The van der Waals surface area contributed by atoms with Crippen molar-refractivity contribution in [3.63, 3.8) is 0 Å². The Bertz CT molecular complexity index is 641. The van der Waals surface area contributed by atoms with E-state index in [1.807, 2.05) is 26.0 Å². The number of rotatable bonds is 2. The molecule has 27 heavy (non-hydrogen) atoms. The molecule has 0 radical (unpaired) electrons. The first-order chi connectivity index (χ1) is 12.4. The molecule has 0 amide bonds. The predicted octanol–water partition coefficient (Wildman–Crippen LogP) is 3.60. The second-order valence-corrected chi connectivity index (χ2v) is 8.62. The highest BCUT2D eigenvalue weighted by Crippen LogP contribution is 2.38. The molecule has 0 aromatic rings. The third-order valence-electron chi connectivity index (χ3n) is 5.72. The summed E-state index contributed by atoms with van der Waals surface area (Å²) in [6.45, 7) is 12.8. The summed E-state index contributed by atoms with van der Waals surface area (Å²) in [5, 5.41) is 21.9. The maximum Gasteiger partial charge on any atom is 0.303 e. The highest BCUT2D eigenvalue weighted by molar-refractivity contribution is 5.66. The molecule has 152 valence electrons. The van der Waals surface area contributed by atoms with Crippen LogP contribution in [0, 0.1) is 0 Å². The van der Waals surface area contributed by atoms with Crippen LogP contribution in [0.3, 0.4) is 0 Å². The second kappa shape index (κ2) is 8.29. The Morgan fingerprint density at radius 2 is 1.81 bits per heavy atom. The molecule has 2 aliphatic rings. The van der Waals surface area contributed by atoms with E-state index >= 15 is 0 Å². The van der Waals surface area contributed by atoms with Crippen molar-refractivity contribution >= 4 is 5.97 Å². The van der Waals surface area contributed by atoms with Crippen LogP contribution in [-0.4, -0.2) is 45.7 Å². The zero-order valence-corrected chi connectivity index (χ0v) is 17.2. The van der Waals surface area contributed by atoms with Crippen molar-refractivity contribution in [2.75, 3.05) is 0 Å². The fourth-order valence-corrected chi connectivity index (χ4v) is 3.95. The minimum Gasteiger partial charge on any atom is -0.458 e. The molecule has 5 nitrogen and oxygen atoms in total. The number of ether oxygens (including phenoxy) is 2. The lowest BCUT2D eigenvalue weighted by atomic mass is 9.79. The maximum absolute atomic E-state index is 11.7. The van der Waals surface area contributed by atoms with Gasteiger partial charge in [-0.1, -0.05) is 29.9 Å². The Morgan fingerprint density at radius 3 is 2.41 bits per heavy atom. The summed E-state index contributed by atoms with van der Waals surface area (Å²) in [6.07, 6.45) is 5.30. The number of hydrogen-bond acceptors (Lipinski definition) is 5. The maximum atomic E-state index is 11.7. The quantitative estimate of drug-likeness (QED) is 0.718. The molecule has 0 aliphatic carbocycles. The van der Waals surface area contributed by atoms with E-state index in [9.17, 15) is 15.0 Å². The van der Waals surface area contributed by atoms with Gasteiger partial charge in [-0.25, -0.2) is 0 Å². The molecule has 5 atom stereocenters. The number of esters is 1. The first-order valence-corrected chi connectivity index (χ1v) is 9.73. The Labute approximate surface area is 162 Å². The lowest BCUT2D eigenvalue weighted by Gasteiger charge is -2.46. The number of carbonyl (C=O) groups is 1. The number of hydrogen-bond donors (Lipinski definition) is 2. The van der Waals surface area contributed by atoms with Gasteiger partial charge in [-0.15, -0.1) is 0 Å². The van der Waals surface area contributed by atoms with Crippen molar-refractivity contribution in [2.45, 2.75) is 96.2 Å². The van der Waals surface area contributed by atoms with Crippen molar-refractivity contribution in [2.24, 2.45) is 0 Å². The van der Waals surface area contributed by atoms with Gasteiger partial charge in [0, 0.05) is 13.3 Å². The van der Waals surface area contributed by atoms with E-state index in [0.29, 0.717) is 19.3 Å². The topological polar surface area (TPSA) is 76.0 Å². The Balaban J connectivity index is 2.46. The van der Waals surface area contributed by atoms with E-state index in [1.54, 1.807) is 13.8 Å². The summed E-state index contributed by atoms with van der Waals surface area (Å²) in [4.78, 5) is 11.7. The molecule has 2 bridgehead atoms. The van der Waals surface area contributed by atoms with Crippen molar-refractivity contribution in [1.29, 1.82) is 0 Å². The van der Waals surface area contributed by atoms with Crippen LogP contribution >= 0.6 is 0 Å². The summed E-state index contributed by atoms with van der Waals surface area (Å²) in [6, 6.07) is 0. The Kier molecular flexibility index (Phi) is 6.72. The summed E-state index contributed by atoms with van der Waals surface area (Å²) >= 11 is 0. The second-order valence-electron chi connectivity index (χ2n) is 8.62. The minimum atomic E-state index is -1.21. The Hall–Kier alpha value is -1.43. The van der Waals surface area contributed by atoms with Gasteiger partial charge in [-0.2, -0.15) is 0 Å². The molecule has 0 unspecified atom stereocenters. The molecule has 2 N–H and O–H groups in total. The monoisotopic (exact) mass is 378 g/mol. The first-order valence-electron chi connectivity index (χ1n) is 9.73. The van der Waals surface area contributed by atoms with Crippen molar-refractivity contribution in [3.05, 3.63) is 35.5 Å². The van der Waals surface area contributed by atoms with E-state index in [1.165, 1.54) is 6.92 Å². The third-order valence-corrected chi connectivity index (χ3v) is 5.72. The van der Waals surface area contributed by atoms with Gasteiger partial charge in [-0.05, 0) is 59.0 Å². The normalized spacial score (nSPS) is 41.8. The summed E-state index contributed by atoms with van der Waals surface area (Å²) < 4.78 is 11.7. The molecule has 2 rings (SSSR count). The van der Waals surface area contributed by atoms with E-state index in [0.717, 1.165) is 23.1 Å². The fourth-order valence-electron chi connectivity index (χ4n) is 3.95. The zero-order valence-electron chi connectivity index (χ0n) is 17.2. The van der Waals surface area contributed by atoms with Gasteiger partial charge >= 0.3 is 5.97 Å². The summed E-state index contributed by atoms with van der Waals surface area (Å²) in [5.74, 6) is -0.402. The van der Waals surface area contributed by atoms with Gasteiger partial charge < -0.3 is 19.7 Å². The lowest BCUT2D eigenvalue weighted by molar-refractivity contribution is -0.219. The number of allylic oxidation sites excluding steroid dienone is 3. The third kappa shape index (κ3) is 5.53. The van der Waals surface area contributed by atoms with E-state index in [-0.39, 0.29) is 12.5 Å². The number of carbonyl (C=O) groups excluding carboxylic acids is 1. The molecule has 2 aliphatic heterocycles. The van der Waals surface area contributed by atoms with Crippen LogP contribution < -0.4 is 0 Å². The standard InChI is InChI=1S/C22H34O5/c1-14(2)17-9-7-15(3)8-10-19-21(5,24)12-11-20(27-19)22(6,25)13-18(17)26-16(4)23/h7,9,18-20,24-25H,1,8,10-13H2,2-6H3/b15-7+,17-9-/t18-,19+,20-,21-,22+/m1/s1. The van der Waals surface area contributed by atoms with Gasteiger partial charge in [0.1, 0.15) is 6.10 Å². The van der Waals surface area contributed by atoms with Gasteiger partial charge in [-0.3, -0.25) is 4.79 Å². The van der Waals surface area contributed by atoms with Gasteiger partial charge in [0.25, 0.3) is 0 Å².